The van der Waals surface area contributed by atoms with Crippen molar-refractivity contribution in [3.8, 4) is 0 Å². The molecule has 0 aliphatic carbocycles. The van der Waals surface area contributed by atoms with Gasteiger partial charge in [0.05, 0.1) is 0 Å². The van der Waals surface area contributed by atoms with E-state index in [0.717, 1.165) is 0 Å². The van der Waals surface area contributed by atoms with Gasteiger partial charge in [0.1, 0.15) is 6.61 Å². The van der Waals surface area contributed by atoms with Crippen molar-refractivity contribution in [1.29, 1.82) is 0 Å². The maximum atomic E-state index is 11.0. The van der Waals surface area contributed by atoms with Crippen LogP contribution in [0.3, 0.4) is 0 Å². The van der Waals surface area contributed by atoms with Crippen LogP contribution in [0.25, 0.3) is 0 Å². The van der Waals surface area contributed by atoms with Gasteiger partial charge in [-0.1, -0.05) is 0 Å². The molecule has 0 fully saturated rings. The maximum absolute atomic E-state index is 11.0. The Bertz CT molecular complexity index is 150. The average Bonchev–Trinajstić information content (AvgIpc) is 1.79. The predicted molar refractivity (Wildman–Crippen MR) is 47.9 cm³/mol. The third kappa shape index (κ3) is 7.34. The SMILES string of the molecule is C[C@H](N)COC(=O)NC(C)(C)C. The van der Waals surface area contributed by atoms with E-state index in [4.69, 9.17) is 10.5 Å². The molecule has 0 bridgehead atoms. The minimum Gasteiger partial charge on any atom is -0.448 e. The van der Waals surface area contributed by atoms with Crippen molar-refractivity contribution < 1.29 is 9.53 Å². The molecule has 0 aromatic heterocycles. The third-order valence-corrected chi connectivity index (χ3v) is 0.954. The van der Waals surface area contributed by atoms with Gasteiger partial charge in [0.2, 0.25) is 0 Å². The molecule has 4 nitrogen and oxygen atoms in total. The second kappa shape index (κ2) is 4.30. The number of nitrogens with one attached hydrogen (secondary N) is 1. The smallest absolute Gasteiger partial charge is 0.407 e. The van der Waals surface area contributed by atoms with Gasteiger partial charge in [-0.3, -0.25) is 0 Å². The number of alkyl carbamates (subject to hydrolysis) is 1. The summed E-state index contributed by atoms with van der Waals surface area (Å²) in [5.74, 6) is 0. The predicted octanol–water partition coefficient (Wildman–Crippen LogP) is 0.858. The first-order chi connectivity index (χ1) is 5.31. The van der Waals surface area contributed by atoms with Gasteiger partial charge < -0.3 is 15.8 Å². The van der Waals surface area contributed by atoms with Crippen LogP contribution in [0.2, 0.25) is 0 Å². The molecule has 0 aromatic carbocycles. The number of rotatable bonds is 2. The van der Waals surface area contributed by atoms with Gasteiger partial charge in [-0.25, -0.2) is 4.79 Å². The van der Waals surface area contributed by atoms with E-state index >= 15 is 0 Å². The van der Waals surface area contributed by atoms with Gasteiger partial charge in [-0.2, -0.15) is 0 Å². The highest BCUT2D eigenvalue weighted by Crippen LogP contribution is 1.98. The molecule has 0 unspecified atom stereocenters. The fourth-order valence-corrected chi connectivity index (χ4v) is 0.549. The fourth-order valence-electron chi connectivity index (χ4n) is 0.549. The van der Waals surface area contributed by atoms with Crippen LogP contribution >= 0.6 is 0 Å². The summed E-state index contributed by atoms with van der Waals surface area (Å²) in [5, 5.41) is 2.66. The van der Waals surface area contributed by atoms with Crippen molar-refractivity contribution in [3.05, 3.63) is 0 Å². The summed E-state index contributed by atoms with van der Waals surface area (Å²) in [7, 11) is 0. The van der Waals surface area contributed by atoms with Crippen molar-refractivity contribution in [1.82, 2.24) is 5.32 Å². The van der Waals surface area contributed by atoms with E-state index in [0.29, 0.717) is 0 Å². The molecule has 0 radical (unpaired) electrons. The molecule has 0 aliphatic heterocycles. The molecular weight excluding hydrogens is 156 g/mol. The lowest BCUT2D eigenvalue weighted by Gasteiger charge is -2.20. The lowest BCUT2D eigenvalue weighted by atomic mass is 10.1. The Labute approximate surface area is 73.5 Å². The molecule has 12 heavy (non-hydrogen) atoms. The molecule has 4 heteroatoms. The summed E-state index contributed by atoms with van der Waals surface area (Å²) < 4.78 is 4.80. The quantitative estimate of drug-likeness (QED) is 0.652. The minimum absolute atomic E-state index is 0.115. The Balaban J connectivity index is 3.61. The maximum Gasteiger partial charge on any atom is 0.407 e. The second-order valence-corrected chi connectivity index (χ2v) is 3.95. The molecule has 0 heterocycles. The molecule has 0 spiro atoms. The zero-order valence-corrected chi connectivity index (χ0v) is 8.18. The van der Waals surface area contributed by atoms with Gasteiger partial charge in [0.25, 0.3) is 0 Å². The van der Waals surface area contributed by atoms with E-state index in [2.05, 4.69) is 5.32 Å². The van der Waals surface area contributed by atoms with Crippen LogP contribution in [0.4, 0.5) is 4.79 Å². The summed E-state index contributed by atoms with van der Waals surface area (Å²) in [4.78, 5) is 11.0. The van der Waals surface area contributed by atoms with Crippen LogP contribution in [-0.4, -0.2) is 24.3 Å². The molecule has 0 aliphatic rings. The molecule has 0 saturated heterocycles. The number of hydrogen-bond acceptors (Lipinski definition) is 3. The Morgan fingerprint density at radius 3 is 2.42 bits per heavy atom. The Morgan fingerprint density at radius 1 is 1.58 bits per heavy atom. The first-order valence-electron chi connectivity index (χ1n) is 4.02. The Kier molecular flexibility index (Phi) is 4.03. The molecule has 0 rings (SSSR count). The zero-order valence-electron chi connectivity index (χ0n) is 8.18. The average molecular weight is 174 g/mol. The summed E-state index contributed by atoms with van der Waals surface area (Å²) in [6.45, 7) is 7.70. The van der Waals surface area contributed by atoms with E-state index in [1.54, 1.807) is 6.92 Å². The van der Waals surface area contributed by atoms with E-state index in [-0.39, 0.29) is 18.2 Å². The summed E-state index contributed by atoms with van der Waals surface area (Å²) >= 11 is 0. The van der Waals surface area contributed by atoms with Crippen LogP contribution in [-0.2, 0) is 4.74 Å². The highest BCUT2D eigenvalue weighted by Gasteiger charge is 2.14. The number of ether oxygens (including phenoxy) is 1. The largest absolute Gasteiger partial charge is 0.448 e. The van der Waals surface area contributed by atoms with Gasteiger partial charge >= 0.3 is 6.09 Å². The number of amides is 1. The van der Waals surface area contributed by atoms with Gasteiger partial charge in [-0.15, -0.1) is 0 Å². The van der Waals surface area contributed by atoms with Crippen molar-refractivity contribution in [2.24, 2.45) is 5.73 Å². The van der Waals surface area contributed by atoms with Crippen molar-refractivity contribution in [2.45, 2.75) is 39.3 Å². The molecule has 3 N–H and O–H groups in total. The summed E-state index contributed by atoms with van der Waals surface area (Å²) in [6, 6.07) is -0.115. The van der Waals surface area contributed by atoms with Crippen LogP contribution in [0.15, 0.2) is 0 Å². The first-order valence-corrected chi connectivity index (χ1v) is 4.02. The summed E-state index contributed by atoms with van der Waals surface area (Å²) in [5.41, 5.74) is 5.14. The Hall–Kier alpha value is -0.770. The highest BCUT2D eigenvalue weighted by atomic mass is 16.5. The normalized spacial score (nSPS) is 13.8. The molecule has 1 atom stereocenters. The van der Waals surface area contributed by atoms with Crippen LogP contribution in [0.5, 0.6) is 0 Å². The lowest BCUT2D eigenvalue weighted by Crippen LogP contribution is -2.42. The van der Waals surface area contributed by atoms with Crippen LogP contribution < -0.4 is 11.1 Å². The van der Waals surface area contributed by atoms with E-state index < -0.39 is 6.09 Å². The van der Waals surface area contributed by atoms with Crippen molar-refractivity contribution in [2.75, 3.05) is 6.61 Å². The van der Waals surface area contributed by atoms with Gasteiger partial charge in [0, 0.05) is 11.6 Å². The standard InChI is InChI=1S/C8H18N2O2/c1-6(9)5-12-7(11)10-8(2,3)4/h6H,5,9H2,1-4H3,(H,10,11)/t6-/m0/s1. The topological polar surface area (TPSA) is 64.3 Å². The number of carbonyl (C=O) groups is 1. The molecular formula is C8H18N2O2. The monoisotopic (exact) mass is 174 g/mol. The van der Waals surface area contributed by atoms with Crippen LogP contribution in [0.1, 0.15) is 27.7 Å². The zero-order chi connectivity index (χ0) is 9.78. The number of hydrogen-bond donors (Lipinski definition) is 2. The van der Waals surface area contributed by atoms with Gasteiger partial charge in [0.15, 0.2) is 0 Å². The third-order valence-electron chi connectivity index (χ3n) is 0.954. The lowest BCUT2D eigenvalue weighted by molar-refractivity contribution is 0.132. The van der Waals surface area contributed by atoms with Gasteiger partial charge in [-0.05, 0) is 27.7 Å². The van der Waals surface area contributed by atoms with Crippen molar-refractivity contribution >= 4 is 6.09 Å². The van der Waals surface area contributed by atoms with Crippen molar-refractivity contribution in [3.63, 3.8) is 0 Å². The highest BCUT2D eigenvalue weighted by molar-refractivity contribution is 5.68. The molecule has 72 valence electrons. The summed E-state index contributed by atoms with van der Waals surface area (Å²) in [6.07, 6.45) is -0.417. The fraction of sp³-hybridized carbons (Fsp3) is 0.875. The van der Waals surface area contributed by atoms with E-state index in [9.17, 15) is 4.79 Å². The molecule has 0 saturated carbocycles. The Morgan fingerprint density at radius 2 is 2.08 bits per heavy atom. The molecule has 1 amide bonds. The van der Waals surface area contributed by atoms with E-state index in [1.807, 2.05) is 20.8 Å². The van der Waals surface area contributed by atoms with Crippen LogP contribution in [0, 0.1) is 0 Å². The second-order valence-electron chi connectivity index (χ2n) is 3.95. The number of nitrogens with two attached hydrogens (primary N) is 1. The first kappa shape index (κ1) is 11.2. The minimum atomic E-state index is -0.417. The number of carbonyl (C=O) groups excluding carboxylic acids is 1. The van der Waals surface area contributed by atoms with E-state index in [1.165, 1.54) is 0 Å². The molecule has 0 aromatic rings.